The topological polar surface area (TPSA) is 46.6 Å². The van der Waals surface area contributed by atoms with Crippen molar-refractivity contribution in [1.82, 2.24) is 0 Å². The monoisotopic (exact) mass is 297 g/mol. The molecule has 1 aromatic heterocycles. The van der Waals surface area contributed by atoms with E-state index < -0.39 is 10.0 Å². The fourth-order valence-corrected chi connectivity index (χ4v) is 3.97. The third-order valence-corrected chi connectivity index (χ3v) is 5.76. The highest BCUT2D eigenvalue weighted by Crippen LogP contribution is 2.27. The minimum atomic E-state index is -3.48. The van der Waals surface area contributed by atoms with Gasteiger partial charge >= 0.3 is 0 Å². The maximum Gasteiger partial charge on any atom is 0.273 e. The molecule has 0 N–H and O–H groups in total. The maximum absolute atomic E-state index is 12.4. The van der Waals surface area contributed by atoms with Crippen LogP contribution < -0.4 is 9.04 Å². The van der Waals surface area contributed by atoms with Gasteiger partial charge in [-0.2, -0.15) is 0 Å². The molecule has 0 spiro atoms. The van der Waals surface area contributed by atoms with Crippen LogP contribution in [-0.2, 0) is 10.0 Å². The van der Waals surface area contributed by atoms with Gasteiger partial charge in [-0.05, 0) is 30.5 Å². The van der Waals surface area contributed by atoms with Crippen LogP contribution in [0.5, 0.6) is 5.75 Å². The Bertz CT molecular complexity index is 636. The van der Waals surface area contributed by atoms with E-state index >= 15 is 0 Å². The van der Waals surface area contributed by atoms with Crippen LogP contribution in [0, 0.1) is 0 Å². The summed E-state index contributed by atoms with van der Waals surface area (Å²) < 4.78 is 31.7. The fourth-order valence-electron chi connectivity index (χ4n) is 1.62. The SMILES string of the molecule is CCOc1cccc(N(C)S(=O)(=O)c2cccs2)c1. The zero-order valence-electron chi connectivity index (χ0n) is 10.7. The Balaban J connectivity index is 2.34. The first-order valence-corrected chi connectivity index (χ1v) is 8.13. The molecule has 0 fully saturated rings. The molecule has 0 unspecified atom stereocenters. The highest BCUT2D eigenvalue weighted by molar-refractivity contribution is 7.94. The highest BCUT2D eigenvalue weighted by atomic mass is 32.2. The van der Waals surface area contributed by atoms with Gasteiger partial charge in [0.05, 0.1) is 12.3 Å². The predicted molar refractivity (Wildman–Crippen MR) is 77.5 cm³/mol. The number of sulfonamides is 1. The summed E-state index contributed by atoms with van der Waals surface area (Å²) in [6.07, 6.45) is 0. The Morgan fingerprint density at radius 1 is 1.26 bits per heavy atom. The smallest absolute Gasteiger partial charge is 0.273 e. The Hall–Kier alpha value is -1.53. The molecule has 0 aliphatic rings. The molecule has 102 valence electrons. The van der Waals surface area contributed by atoms with Crippen LogP contribution in [0.1, 0.15) is 6.92 Å². The van der Waals surface area contributed by atoms with Crippen LogP contribution in [0.3, 0.4) is 0 Å². The van der Waals surface area contributed by atoms with Gasteiger partial charge in [0.15, 0.2) is 0 Å². The van der Waals surface area contributed by atoms with Crippen molar-refractivity contribution >= 4 is 27.0 Å². The van der Waals surface area contributed by atoms with E-state index in [2.05, 4.69) is 0 Å². The molecule has 6 heteroatoms. The zero-order chi connectivity index (χ0) is 13.9. The van der Waals surface area contributed by atoms with E-state index in [4.69, 9.17) is 4.74 Å². The molecule has 1 heterocycles. The molecular weight excluding hydrogens is 282 g/mol. The second kappa shape index (κ2) is 5.63. The zero-order valence-corrected chi connectivity index (χ0v) is 12.4. The van der Waals surface area contributed by atoms with Crippen molar-refractivity contribution in [1.29, 1.82) is 0 Å². The molecule has 19 heavy (non-hydrogen) atoms. The molecule has 0 aliphatic heterocycles. The Kier molecular flexibility index (Phi) is 4.11. The molecule has 0 saturated heterocycles. The number of hydrogen-bond donors (Lipinski definition) is 0. The van der Waals surface area contributed by atoms with Crippen LogP contribution in [-0.4, -0.2) is 22.1 Å². The molecule has 0 amide bonds. The lowest BCUT2D eigenvalue weighted by Gasteiger charge is -2.19. The summed E-state index contributed by atoms with van der Waals surface area (Å²) in [6, 6.07) is 10.4. The first-order valence-electron chi connectivity index (χ1n) is 5.81. The molecule has 0 bridgehead atoms. The van der Waals surface area contributed by atoms with Gasteiger partial charge in [0.2, 0.25) is 0 Å². The number of rotatable bonds is 5. The second-order valence-corrected chi connectivity index (χ2v) is 6.98. The van der Waals surface area contributed by atoms with Crippen molar-refractivity contribution in [3.8, 4) is 5.75 Å². The molecule has 2 rings (SSSR count). The van der Waals surface area contributed by atoms with E-state index in [1.165, 1.54) is 15.6 Å². The average molecular weight is 297 g/mol. The van der Waals surface area contributed by atoms with E-state index in [0.717, 1.165) is 0 Å². The van der Waals surface area contributed by atoms with E-state index in [1.807, 2.05) is 6.92 Å². The highest BCUT2D eigenvalue weighted by Gasteiger charge is 2.22. The first-order chi connectivity index (χ1) is 9.05. The van der Waals surface area contributed by atoms with E-state index in [1.54, 1.807) is 48.8 Å². The van der Waals surface area contributed by atoms with Gasteiger partial charge in [-0.25, -0.2) is 8.42 Å². The van der Waals surface area contributed by atoms with Gasteiger partial charge < -0.3 is 4.74 Å². The molecule has 2 aromatic rings. The minimum Gasteiger partial charge on any atom is -0.494 e. The largest absolute Gasteiger partial charge is 0.494 e. The third kappa shape index (κ3) is 2.90. The predicted octanol–water partition coefficient (Wildman–Crippen LogP) is 2.97. The molecule has 0 atom stereocenters. The Morgan fingerprint density at radius 2 is 2.05 bits per heavy atom. The summed E-state index contributed by atoms with van der Waals surface area (Å²) in [5, 5.41) is 1.75. The van der Waals surface area contributed by atoms with Gasteiger partial charge in [-0.1, -0.05) is 12.1 Å². The number of ether oxygens (including phenoxy) is 1. The van der Waals surface area contributed by atoms with Crippen LogP contribution in [0.15, 0.2) is 46.0 Å². The van der Waals surface area contributed by atoms with Gasteiger partial charge in [0.25, 0.3) is 10.0 Å². The number of hydrogen-bond acceptors (Lipinski definition) is 4. The number of nitrogens with zero attached hydrogens (tertiary/aromatic N) is 1. The second-order valence-electron chi connectivity index (χ2n) is 3.83. The fraction of sp³-hybridized carbons (Fsp3) is 0.231. The quantitative estimate of drug-likeness (QED) is 0.852. The third-order valence-electron chi connectivity index (χ3n) is 2.60. The number of benzene rings is 1. The molecule has 4 nitrogen and oxygen atoms in total. The average Bonchev–Trinajstić information content (AvgIpc) is 2.93. The van der Waals surface area contributed by atoms with E-state index in [9.17, 15) is 8.42 Å². The first kappa shape index (κ1) is 13.9. The molecule has 0 aliphatic carbocycles. The lowest BCUT2D eigenvalue weighted by Crippen LogP contribution is -2.25. The normalized spacial score (nSPS) is 11.3. The molecule has 0 radical (unpaired) electrons. The standard InChI is InChI=1S/C13H15NO3S2/c1-3-17-12-7-4-6-11(10-12)14(2)19(15,16)13-8-5-9-18-13/h4-10H,3H2,1-2H3. The molecule has 1 aromatic carbocycles. The van der Waals surface area contributed by atoms with Crippen molar-refractivity contribution in [3.63, 3.8) is 0 Å². The van der Waals surface area contributed by atoms with Gasteiger partial charge in [0.1, 0.15) is 9.96 Å². The summed E-state index contributed by atoms with van der Waals surface area (Å²) in [7, 11) is -1.94. The van der Waals surface area contributed by atoms with Crippen LogP contribution in [0.25, 0.3) is 0 Å². The van der Waals surface area contributed by atoms with E-state index in [0.29, 0.717) is 22.3 Å². The summed E-state index contributed by atoms with van der Waals surface area (Å²) in [5.74, 6) is 0.660. The lowest BCUT2D eigenvalue weighted by atomic mass is 10.3. The van der Waals surface area contributed by atoms with Crippen LogP contribution >= 0.6 is 11.3 Å². The van der Waals surface area contributed by atoms with Gasteiger partial charge in [0, 0.05) is 13.1 Å². The van der Waals surface area contributed by atoms with Crippen molar-refractivity contribution in [3.05, 3.63) is 41.8 Å². The molecular formula is C13H15NO3S2. The van der Waals surface area contributed by atoms with Crippen LogP contribution in [0.2, 0.25) is 0 Å². The van der Waals surface area contributed by atoms with Crippen molar-refractivity contribution in [2.24, 2.45) is 0 Å². The van der Waals surface area contributed by atoms with Gasteiger partial charge in [-0.15, -0.1) is 11.3 Å². The summed E-state index contributed by atoms with van der Waals surface area (Å²) >= 11 is 1.21. The summed E-state index contributed by atoms with van der Waals surface area (Å²) in [4.78, 5) is 0. The van der Waals surface area contributed by atoms with Crippen molar-refractivity contribution in [2.45, 2.75) is 11.1 Å². The minimum absolute atomic E-state index is 0.330. The Morgan fingerprint density at radius 3 is 2.68 bits per heavy atom. The number of thiophene rings is 1. The van der Waals surface area contributed by atoms with Crippen molar-refractivity contribution in [2.75, 3.05) is 18.0 Å². The summed E-state index contributed by atoms with van der Waals surface area (Å²) in [5.41, 5.74) is 0.583. The maximum atomic E-state index is 12.4. The molecule has 0 saturated carbocycles. The van der Waals surface area contributed by atoms with Crippen LogP contribution in [0.4, 0.5) is 5.69 Å². The number of anilines is 1. The summed E-state index contributed by atoms with van der Waals surface area (Å²) in [6.45, 7) is 2.43. The van der Waals surface area contributed by atoms with Gasteiger partial charge in [-0.3, -0.25) is 4.31 Å². The van der Waals surface area contributed by atoms with E-state index in [-0.39, 0.29) is 0 Å². The Labute approximate surface area is 117 Å². The van der Waals surface area contributed by atoms with Crippen molar-refractivity contribution < 1.29 is 13.2 Å². The lowest BCUT2D eigenvalue weighted by molar-refractivity contribution is 0.340.